The molecule has 3 rings (SSSR count). The molecule has 31 heavy (non-hydrogen) atoms. The summed E-state index contributed by atoms with van der Waals surface area (Å²) in [6.45, 7) is 6.69. The zero-order chi connectivity index (χ0) is 22.1. The smallest absolute Gasteiger partial charge is 0.243 e. The van der Waals surface area contributed by atoms with Crippen molar-refractivity contribution < 1.29 is 17.9 Å². The molecule has 1 aliphatic heterocycles. The molecule has 8 heteroatoms. The minimum atomic E-state index is -3.55. The lowest BCUT2D eigenvalue weighted by Crippen LogP contribution is -2.35. The summed E-state index contributed by atoms with van der Waals surface area (Å²) < 4.78 is 38.6. The highest BCUT2D eigenvalue weighted by molar-refractivity contribution is 7.89. The SMILES string of the molecule is CCOCCOc1ccc(S(=O)(=O)N2CCCN(Cc3ccc(C#N)cc3)CC2)cc1. The second-order valence-electron chi connectivity index (χ2n) is 7.36. The molecule has 7 nitrogen and oxygen atoms in total. The van der Waals surface area contributed by atoms with E-state index in [1.54, 1.807) is 28.6 Å². The van der Waals surface area contributed by atoms with Gasteiger partial charge in [0.15, 0.2) is 0 Å². The molecule has 0 unspecified atom stereocenters. The van der Waals surface area contributed by atoms with Gasteiger partial charge in [-0.05, 0) is 61.9 Å². The van der Waals surface area contributed by atoms with Gasteiger partial charge in [-0.15, -0.1) is 0 Å². The van der Waals surface area contributed by atoms with Crippen LogP contribution in [0.25, 0.3) is 0 Å². The number of sulfonamides is 1. The fourth-order valence-corrected chi connectivity index (χ4v) is 4.98. The van der Waals surface area contributed by atoms with E-state index >= 15 is 0 Å². The number of rotatable bonds is 9. The van der Waals surface area contributed by atoms with Crippen LogP contribution in [0.15, 0.2) is 53.4 Å². The summed E-state index contributed by atoms with van der Waals surface area (Å²) in [5.74, 6) is 0.628. The maximum absolute atomic E-state index is 13.1. The molecule has 1 fully saturated rings. The van der Waals surface area contributed by atoms with Crippen LogP contribution in [-0.4, -0.2) is 63.6 Å². The monoisotopic (exact) mass is 443 g/mol. The molecular formula is C23H29N3O4S. The number of benzene rings is 2. The zero-order valence-electron chi connectivity index (χ0n) is 17.9. The van der Waals surface area contributed by atoms with Gasteiger partial charge in [0.1, 0.15) is 12.4 Å². The lowest BCUT2D eigenvalue weighted by atomic mass is 10.1. The first-order valence-corrected chi connectivity index (χ1v) is 12.0. The molecule has 0 bridgehead atoms. The van der Waals surface area contributed by atoms with Gasteiger partial charge in [-0.2, -0.15) is 9.57 Å². The molecule has 2 aromatic carbocycles. The third kappa shape index (κ3) is 6.52. The van der Waals surface area contributed by atoms with E-state index in [1.807, 2.05) is 31.2 Å². The van der Waals surface area contributed by atoms with E-state index in [1.165, 1.54) is 0 Å². The largest absolute Gasteiger partial charge is 0.491 e. The Bertz CT molecular complexity index is 969. The van der Waals surface area contributed by atoms with Gasteiger partial charge in [0.2, 0.25) is 10.0 Å². The first kappa shape index (κ1) is 23.2. The summed E-state index contributed by atoms with van der Waals surface area (Å²) in [7, 11) is -3.55. The topological polar surface area (TPSA) is 82.9 Å². The molecule has 0 N–H and O–H groups in total. The van der Waals surface area contributed by atoms with Gasteiger partial charge in [0.05, 0.1) is 23.1 Å². The van der Waals surface area contributed by atoms with Crippen LogP contribution in [0.2, 0.25) is 0 Å². The summed E-state index contributed by atoms with van der Waals surface area (Å²) >= 11 is 0. The van der Waals surface area contributed by atoms with Gasteiger partial charge < -0.3 is 9.47 Å². The van der Waals surface area contributed by atoms with Crippen molar-refractivity contribution in [3.05, 3.63) is 59.7 Å². The minimum Gasteiger partial charge on any atom is -0.491 e. The van der Waals surface area contributed by atoms with Crippen LogP contribution < -0.4 is 4.74 Å². The van der Waals surface area contributed by atoms with Gasteiger partial charge >= 0.3 is 0 Å². The highest BCUT2D eigenvalue weighted by Crippen LogP contribution is 2.21. The van der Waals surface area contributed by atoms with E-state index in [2.05, 4.69) is 11.0 Å². The van der Waals surface area contributed by atoms with Crippen LogP contribution in [0.4, 0.5) is 0 Å². The fourth-order valence-electron chi connectivity index (χ4n) is 3.51. The van der Waals surface area contributed by atoms with Gasteiger partial charge in [0, 0.05) is 32.8 Å². The van der Waals surface area contributed by atoms with E-state index in [0.717, 1.165) is 25.1 Å². The van der Waals surface area contributed by atoms with Crippen molar-refractivity contribution in [1.29, 1.82) is 5.26 Å². The van der Waals surface area contributed by atoms with Crippen molar-refractivity contribution >= 4 is 10.0 Å². The Morgan fingerprint density at radius 1 is 0.968 bits per heavy atom. The van der Waals surface area contributed by atoms with E-state index in [-0.39, 0.29) is 4.90 Å². The number of ether oxygens (including phenoxy) is 2. The predicted molar refractivity (Wildman–Crippen MR) is 118 cm³/mol. The van der Waals surface area contributed by atoms with Crippen LogP contribution in [0.1, 0.15) is 24.5 Å². The number of nitrogens with zero attached hydrogens (tertiary/aromatic N) is 3. The molecule has 2 aromatic rings. The maximum atomic E-state index is 13.1. The Morgan fingerprint density at radius 3 is 2.39 bits per heavy atom. The average Bonchev–Trinajstić information content (AvgIpc) is 3.04. The van der Waals surface area contributed by atoms with Crippen LogP contribution in [0.3, 0.4) is 0 Å². The Balaban J connectivity index is 1.57. The van der Waals surface area contributed by atoms with Gasteiger partial charge in [-0.1, -0.05) is 12.1 Å². The van der Waals surface area contributed by atoms with Gasteiger partial charge in [-0.3, -0.25) is 4.90 Å². The Labute approximate surface area is 184 Å². The van der Waals surface area contributed by atoms with E-state index < -0.39 is 10.0 Å². The minimum absolute atomic E-state index is 0.283. The fraction of sp³-hybridized carbons (Fsp3) is 0.435. The highest BCUT2D eigenvalue weighted by Gasteiger charge is 2.27. The number of hydrogen-bond acceptors (Lipinski definition) is 6. The summed E-state index contributed by atoms with van der Waals surface area (Å²) in [4.78, 5) is 2.54. The molecule has 0 radical (unpaired) electrons. The van der Waals surface area contributed by atoms with Crippen molar-refractivity contribution in [2.24, 2.45) is 0 Å². The molecule has 166 valence electrons. The predicted octanol–water partition coefficient (Wildman–Crippen LogP) is 2.87. The first-order chi connectivity index (χ1) is 15.0. The van der Waals surface area contributed by atoms with Gasteiger partial charge in [0.25, 0.3) is 0 Å². The standard InChI is InChI=1S/C23H29N3O4S/c1-2-29-16-17-30-22-8-10-23(11-9-22)31(27,28)26-13-3-12-25(14-15-26)19-21-6-4-20(18-24)5-7-21/h4-11H,2-3,12-17,19H2,1H3. The quantitative estimate of drug-likeness (QED) is 0.554. The van der Waals surface area contributed by atoms with E-state index in [9.17, 15) is 8.42 Å². The molecule has 1 saturated heterocycles. The van der Waals surface area contributed by atoms with Crippen molar-refractivity contribution in [1.82, 2.24) is 9.21 Å². The van der Waals surface area contributed by atoms with Crippen LogP contribution >= 0.6 is 0 Å². The summed E-state index contributed by atoms with van der Waals surface area (Å²) in [6.07, 6.45) is 0.772. The highest BCUT2D eigenvalue weighted by atomic mass is 32.2. The zero-order valence-corrected chi connectivity index (χ0v) is 18.7. The Morgan fingerprint density at radius 2 is 1.71 bits per heavy atom. The lowest BCUT2D eigenvalue weighted by Gasteiger charge is -2.22. The third-order valence-corrected chi connectivity index (χ3v) is 7.11. The molecule has 0 amide bonds. The van der Waals surface area contributed by atoms with E-state index in [0.29, 0.717) is 50.8 Å². The summed E-state index contributed by atoms with van der Waals surface area (Å²) in [5, 5.41) is 8.92. The first-order valence-electron chi connectivity index (χ1n) is 10.5. The summed E-state index contributed by atoms with van der Waals surface area (Å²) in [6, 6.07) is 16.2. The van der Waals surface area contributed by atoms with Crippen LogP contribution in [-0.2, 0) is 21.3 Å². The van der Waals surface area contributed by atoms with Crippen molar-refractivity contribution in [3.63, 3.8) is 0 Å². The van der Waals surface area contributed by atoms with Crippen LogP contribution in [0, 0.1) is 11.3 Å². The summed E-state index contributed by atoms with van der Waals surface area (Å²) in [5.41, 5.74) is 1.76. The second kappa shape index (κ2) is 11.3. The molecule has 0 atom stereocenters. The number of hydrogen-bond donors (Lipinski definition) is 0. The Hall–Kier alpha value is -2.44. The third-order valence-electron chi connectivity index (χ3n) is 5.20. The lowest BCUT2D eigenvalue weighted by molar-refractivity contribution is 0.110. The number of nitriles is 1. The Kier molecular flexibility index (Phi) is 8.43. The van der Waals surface area contributed by atoms with Gasteiger partial charge in [-0.25, -0.2) is 8.42 Å². The second-order valence-corrected chi connectivity index (χ2v) is 9.30. The molecule has 1 heterocycles. The molecular weight excluding hydrogens is 414 g/mol. The molecule has 0 spiro atoms. The van der Waals surface area contributed by atoms with Crippen molar-refractivity contribution in [2.75, 3.05) is 46.0 Å². The normalized spacial score (nSPS) is 15.9. The molecule has 0 saturated carbocycles. The van der Waals surface area contributed by atoms with Crippen molar-refractivity contribution in [3.8, 4) is 11.8 Å². The molecule has 0 aromatic heterocycles. The molecule has 1 aliphatic rings. The molecule has 0 aliphatic carbocycles. The van der Waals surface area contributed by atoms with Crippen LogP contribution in [0.5, 0.6) is 5.75 Å². The average molecular weight is 444 g/mol. The van der Waals surface area contributed by atoms with E-state index in [4.69, 9.17) is 14.7 Å². The van der Waals surface area contributed by atoms with Crippen molar-refractivity contribution in [2.45, 2.75) is 24.8 Å². The maximum Gasteiger partial charge on any atom is 0.243 e.